The summed E-state index contributed by atoms with van der Waals surface area (Å²) in [6.45, 7) is 7.91. The maximum absolute atomic E-state index is 5.43. The molecule has 0 spiro atoms. The Hall–Kier alpha value is -0.120. The standard InChI is InChI=1S/C12H24N2O/c1-2-11-10-14(7-3-6-13-11)12-4-8-15-9-5-12/h11-13H,2-10H2,1H3. The van der Waals surface area contributed by atoms with Gasteiger partial charge in [-0.1, -0.05) is 6.92 Å². The zero-order chi connectivity index (χ0) is 10.5. The molecular formula is C12H24N2O. The predicted molar refractivity (Wildman–Crippen MR) is 62.1 cm³/mol. The molecule has 2 aliphatic heterocycles. The Kier molecular flexibility index (Phi) is 4.42. The van der Waals surface area contributed by atoms with Crippen molar-refractivity contribution in [2.24, 2.45) is 0 Å². The average Bonchev–Trinajstić information content (AvgIpc) is 2.55. The molecule has 0 aromatic rings. The molecule has 2 rings (SSSR count). The molecule has 1 unspecified atom stereocenters. The topological polar surface area (TPSA) is 24.5 Å². The molecule has 2 aliphatic rings. The fourth-order valence-corrected chi connectivity index (χ4v) is 2.68. The van der Waals surface area contributed by atoms with E-state index in [1.165, 1.54) is 45.3 Å². The summed E-state index contributed by atoms with van der Waals surface area (Å²) in [5.41, 5.74) is 0. The Labute approximate surface area is 93.2 Å². The Morgan fingerprint density at radius 2 is 2.13 bits per heavy atom. The lowest BCUT2D eigenvalue weighted by Crippen LogP contribution is -2.44. The second kappa shape index (κ2) is 5.83. The number of ether oxygens (including phenoxy) is 1. The van der Waals surface area contributed by atoms with Crippen molar-refractivity contribution in [2.45, 2.75) is 44.7 Å². The molecule has 15 heavy (non-hydrogen) atoms. The number of nitrogens with one attached hydrogen (secondary N) is 1. The van der Waals surface area contributed by atoms with E-state index in [0.29, 0.717) is 6.04 Å². The summed E-state index contributed by atoms with van der Waals surface area (Å²) in [5.74, 6) is 0. The van der Waals surface area contributed by atoms with Gasteiger partial charge in [0.1, 0.15) is 0 Å². The van der Waals surface area contributed by atoms with E-state index in [-0.39, 0.29) is 0 Å². The van der Waals surface area contributed by atoms with E-state index < -0.39 is 0 Å². The minimum Gasteiger partial charge on any atom is -0.381 e. The highest BCUT2D eigenvalue weighted by Gasteiger charge is 2.24. The summed E-state index contributed by atoms with van der Waals surface area (Å²) >= 11 is 0. The minimum absolute atomic E-state index is 0.704. The van der Waals surface area contributed by atoms with Gasteiger partial charge in [-0.3, -0.25) is 4.90 Å². The molecule has 1 atom stereocenters. The van der Waals surface area contributed by atoms with Crippen molar-refractivity contribution >= 4 is 0 Å². The van der Waals surface area contributed by atoms with Crippen LogP contribution >= 0.6 is 0 Å². The zero-order valence-corrected chi connectivity index (χ0v) is 9.87. The maximum Gasteiger partial charge on any atom is 0.0480 e. The molecule has 1 N–H and O–H groups in total. The Morgan fingerprint density at radius 1 is 1.33 bits per heavy atom. The number of hydrogen-bond donors (Lipinski definition) is 1. The first-order chi connectivity index (χ1) is 7.40. The van der Waals surface area contributed by atoms with Crippen LogP contribution in [0.25, 0.3) is 0 Å². The van der Waals surface area contributed by atoms with Gasteiger partial charge < -0.3 is 10.1 Å². The van der Waals surface area contributed by atoms with Crippen LogP contribution in [0.4, 0.5) is 0 Å². The van der Waals surface area contributed by atoms with Crippen LogP contribution in [0.5, 0.6) is 0 Å². The summed E-state index contributed by atoms with van der Waals surface area (Å²) < 4.78 is 5.43. The van der Waals surface area contributed by atoms with Crippen LogP contribution in [0.2, 0.25) is 0 Å². The van der Waals surface area contributed by atoms with Crippen molar-refractivity contribution in [1.29, 1.82) is 0 Å². The normalized spacial score (nSPS) is 31.4. The number of hydrogen-bond acceptors (Lipinski definition) is 3. The molecule has 2 saturated heterocycles. The fraction of sp³-hybridized carbons (Fsp3) is 1.00. The molecule has 0 aliphatic carbocycles. The molecule has 0 radical (unpaired) electrons. The van der Waals surface area contributed by atoms with Gasteiger partial charge in [0.2, 0.25) is 0 Å². The highest BCUT2D eigenvalue weighted by Crippen LogP contribution is 2.16. The van der Waals surface area contributed by atoms with Gasteiger partial charge in [-0.25, -0.2) is 0 Å². The van der Waals surface area contributed by atoms with Gasteiger partial charge in [0.05, 0.1) is 0 Å². The van der Waals surface area contributed by atoms with Crippen LogP contribution in [-0.4, -0.2) is 49.8 Å². The van der Waals surface area contributed by atoms with E-state index in [2.05, 4.69) is 17.1 Å². The van der Waals surface area contributed by atoms with E-state index >= 15 is 0 Å². The summed E-state index contributed by atoms with van der Waals surface area (Å²) in [4.78, 5) is 2.69. The third-order valence-corrected chi connectivity index (χ3v) is 3.71. The molecule has 3 heteroatoms. The van der Waals surface area contributed by atoms with Crippen LogP contribution in [0.3, 0.4) is 0 Å². The fourth-order valence-electron chi connectivity index (χ4n) is 2.68. The third-order valence-electron chi connectivity index (χ3n) is 3.71. The predicted octanol–water partition coefficient (Wildman–Crippen LogP) is 1.24. The zero-order valence-electron chi connectivity index (χ0n) is 9.87. The van der Waals surface area contributed by atoms with E-state index in [1.807, 2.05) is 0 Å². The van der Waals surface area contributed by atoms with Gasteiger partial charge in [0.15, 0.2) is 0 Å². The van der Waals surface area contributed by atoms with Crippen molar-refractivity contribution in [1.82, 2.24) is 10.2 Å². The molecule has 2 fully saturated rings. The lowest BCUT2D eigenvalue weighted by molar-refractivity contribution is 0.0334. The lowest BCUT2D eigenvalue weighted by atomic mass is 10.1. The van der Waals surface area contributed by atoms with Gasteiger partial charge in [-0.2, -0.15) is 0 Å². The Balaban J connectivity index is 1.87. The van der Waals surface area contributed by atoms with Crippen LogP contribution in [0.1, 0.15) is 32.6 Å². The summed E-state index contributed by atoms with van der Waals surface area (Å²) in [7, 11) is 0. The van der Waals surface area contributed by atoms with Gasteiger partial charge in [0.25, 0.3) is 0 Å². The van der Waals surface area contributed by atoms with Crippen molar-refractivity contribution in [3.05, 3.63) is 0 Å². The molecule has 3 nitrogen and oxygen atoms in total. The second-order valence-corrected chi connectivity index (χ2v) is 4.75. The van der Waals surface area contributed by atoms with Gasteiger partial charge >= 0.3 is 0 Å². The van der Waals surface area contributed by atoms with Crippen molar-refractivity contribution in [3.8, 4) is 0 Å². The molecule has 0 saturated carbocycles. The van der Waals surface area contributed by atoms with E-state index in [9.17, 15) is 0 Å². The Morgan fingerprint density at radius 3 is 2.87 bits per heavy atom. The van der Waals surface area contributed by atoms with Crippen LogP contribution in [0.15, 0.2) is 0 Å². The van der Waals surface area contributed by atoms with Crippen LogP contribution in [-0.2, 0) is 4.74 Å². The first-order valence-electron chi connectivity index (χ1n) is 6.45. The molecule has 0 bridgehead atoms. The Bertz CT molecular complexity index is 180. The summed E-state index contributed by atoms with van der Waals surface area (Å²) in [6.07, 6.45) is 5.01. The largest absolute Gasteiger partial charge is 0.381 e. The molecule has 0 aromatic heterocycles. The van der Waals surface area contributed by atoms with E-state index in [4.69, 9.17) is 4.74 Å². The quantitative estimate of drug-likeness (QED) is 0.745. The number of nitrogens with zero attached hydrogens (tertiary/aromatic N) is 1. The minimum atomic E-state index is 0.704. The van der Waals surface area contributed by atoms with Gasteiger partial charge in [0, 0.05) is 31.8 Å². The molecular weight excluding hydrogens is 188 g/mol. The first kappa shape index (κ1) is 11.4. The van der Waals surface area contributed by atoms with Crippen molar-refractivity contribution in [3.63, 3.8) is 0 Å². The molecule has 2 heterocycles. The second-order valence-electron chi connectivity index (χ2n) is 4.75. The van der Waals surface area contributed by atoms with Gasteiger partial charge in [-0.15, -0.1) is 0 Å². The van der Waals surface area contributed by atoms with E-state index in [0.717, 1.165) is 19.3 Å². The monoisotopic (exact) mass is 212 g/mol. The first-order valence-corrected chi connectivity index (χ1v) is 6.45. The molecule has 0 aromatic carbocycles. The summed E-state index contributed by atoms with van der Waals surface area (Å²) in [5, 5.41) is 3.63. The lowest BCUT2D eigenvalue weighted by Gasteiger charge is -2.34. The van der Waals surface area contributed by atoms with Crippen molar-refractivity contribution in [2.75, 3.05) is 32.8 Å². The maximum atomic E-state index is 5.43. The number of rotatable bonds is 2. The average molecular weight is 212 g/mol. The van der Waals surface area contributed by atoms with Gasteiger partial charge in [-0.05, 0) is 38.8 Å². The van der Waals surface area contributed by atoms with E-state index in [1.54, 1.807) is 0 Å². The highest BCUT2D eigenvalue weighted by atomic mass is 16.5. The SMILES string of the molecule is CCC1CN(C2CCOCC2)CCCN1. The van der Waals surface area contributed by atoms with Crippen molar-refractivity contribution < 1.29 is 4.74 Å². The smallest absolute Gasteiger partial charge is 0.0480 e. The van der Waals surface area contributed by atoms with Crippen LogP contribution in [0, 0.1) is 0 Å². The molecule has 0 amide bonds. The third kappa shape index (κ3) is 3.16. The summed E-state index contributed by atoms with van der Waals surface area (Å²) in [6, 6.07) is 1.49. The van der Waals surface area contributed by atoms with Crippen LogP contribution < -0.4 is 5.32 Å². The highest BCUT2D eigenvalue weighted by molar-refractivity contribution is 4.81. The molecule has 88 valence electrons.